The van der Waals surface area contributed by atoms with E-state index in [1.165, 1.54) is 6.20 Å². The Labute approximate surface area is 101 Å². The van der Waals surface area contributed by atoms with Crippen LogP contribution < -0.4 is 11.1 Å². The Bertz CT molecular complexity index is 416. The van der Waals surface area contributed by atoms with Gasteiger partial charge in [0.2, 0.25) is 0 Å². The van der Waals surface area contributed by atoms with Crippen LogP contribution in [0.3, 0.4) is 0 Å². The van der Waals surface area contributed by atoms with Crippen molar-refractivity contribution in [2.45, 2.75) is 26.4 Å². The summed E-state index contributed by atoms with van der Waals surface area (Å²) in [5.74, 6) is -0.188. The maximum Gasteiger partial charge on any atom is 0.253 e. The molecule has 0 aliphatic carbocycles. The SMILES string of the molecule is COC(C)(C)CNC(=O)c1cc(N)cnc1C. The van der Waals surface area contributed by atoms with E-state index in [4.69, 9.17) is 10.5 Å². The molecule has 1 heterocycles. The van der Waals surface area contributed by atoms with Crippen LogP contribution >= 0.6 is 0 Å². The Kier molecular flexibility index (Phi) is 4.07. The number of rotatable bonds is 4. The molecule has 3 N–H and O–H groups in total. The Morgan fingerprint density at radius 2 is 2.24 bits per heavy atom. The topological polar surface area (TPSA) is 77.2 Å². The number of methoxy groups -OCH3 is 1. The average molecular weight is 237 g/mol. The van der Waals surface area contributed by atoms with Gasteiger partial charge in [0.15, 0.2) is 0 Å². The fourth-order valence-corrected chi connectivity index (χ4v) is 1.24. The van der Waals surface area contributed by atoms with Crippen LogP contribution in [-0.4, -0.2) is 30.1 Å². The molecule has 0 saturated carbocycles. The summed E-state index contributed by atoms with van der Waals surface area (Å²) in [6.07, 6.45) is 1.53. The van der Waals surface area contributed by atoms with Crippen molar-refractivity contribution in [3.63, 3.8) is 0 Å². The van der Waals surface area contributed by atoms with Gasteiger partial charge in [0.25, 0.3) is 5.91 Å². The zero-order chi connectivity index (χ0) is 13.1. The van der Waals surface area contributed by atoms with Gasteiger partial charge < -0.3 is 15.8 Å². The van der Waals surface area contributed by atoms with Gasteiger partial charge in [-0.2, -0.15) is 0 Å². The third kappa shape index (κ3) is 3.71. The van der Waals surface area contributed by atoms with Crippen LogP contribution in [0.1, 0.15) is 29.9 Å². The highest BCUT2D eigenvalue weighted by Gasteiger charge is 2.18. The number of ether oxygens (including phenoxy) is 1. The van der Waals surface area contributed by atoms with Crippen molar-refractivity contribution in [2.75, 3.05) is 19.4 Å². The molecule has 0 aromatic carbocycles. The Balaban J connectivity index is 2.74. The van der Waals surface area contributed by atoms with Crippen molar-refractivity contribution < 1.29 is 9.53 Å². The van der Waals surface area contributed by atoms with Crippen LogP contribution in [0.15, 0.2) is 12.3 Å². The third-order valence-corrected chi connectivity index (χ3v) is 2.58. The zero-order valence-electron chi connectivity index (χ0n) is 10.7. The molecule has 5 heteroatoms. The molecule has 0 unspecified atom stereocenters. The van der Waals surface area contributed by atoms with Gasteiger partial charge in [0.1, 0.15) is 0 Å². The number of nitrogens with zero attached hydrogens (tertiary/aromatic N) is 1. The van der Waals surface area contributed by atoms with Gasteiger partial charge in [-0.15, -0.1) is 0 Å². The molecular weight excluding hydrogens is 218 g/mol. The van der Waals surface area contributed by atoms with Crippen molar-refractivity contribution >= 4 is 11.6 Å². The second kappa shape index (κ2) is 5.14. The highest BCUT2D eigenvalue weighted by Crippen LogP contribution is 2.10. The molecule has 1 aromatic heterocycles. The number of aromatic nitrogens is 1. The number of pyridine rings is 1. The van der Waals surface area contributed by atoms with E-state index in [1.54, 1.807) is 20.1 Å². The van der Waals surface area contributed by atoms with E-state index in [1.807, 2.05) is 13.8 Å². The lowest BCUT2D eigenvalue weighted by atomic mass is 10.1. The van der Waals surface area contributed by atoms with Crippen molar-refractivity contribution in [3.8, 4) is 0 Å². The number of amides is 1. The summed E-state index contributed by atoms with van der Waals surface area (Å²) in [7, 11) is 1.61. The van der Waals surface area contributed by atoms with Crippen molar-refractivity contribution in [2.24, 2.45) is 0 Å². The van der Waals surface area contributed by atoms with Crippen LogP contribution in [0.2, 0.25) is 0 Å². The summed E-state index contributed by atoms with van der Waals surface area (Å²) < 4.78 is 5.22. The molecule has 0 aliphatic heterocycles. The van der Waals surface area contributed by atoms with Crippen LogP contribution in [0.5, 0.6) is 0 Å². The number of hydrogen-bond acceptors (Lipinski definition) is 4. The molecule has 0 fully saturated rings. The second-order valence-corrected chi connectivity index (χ2v) is 4.55. The Morgan fingerprint density at radius 1 is 1.59 bits per heavy atom. The minimum Gasteiger partial charge on any atom is -0.397 e. The number of anilines is 1. The van der Waals surface area contributed by atoms with Gasteiger partial charge in [-0.25, -0.2) is 0 Å². The second-order valence-electron chi connectivity index (χ2n) is 4.55. The van der Waals surface area contributed by atoms with E-state index in [0.717, 1.165) is 0 Å². The van der Waals surface area contributed by atoms with E-state index in [-0.39, 0.29) is 5.91 Å². The molecule has 17 heavy (non-hydrogen) atoms. The van der Waals surface area contributed by atoms with E-state index >= 15 is 0 Å². The molecular formula is C12H19N3O2. The predicted molar refractivity (Wildman–Crippen MR) is 66.8 cm³/mol. The molecule has 1 rings (SSSR count). The third-order valence-electron chi connectivity index (χ3n) is 2.58. The summed E-state index contributed by atoms with van der Waals surface area (Å²) in [6, 6.07) is 1.62. The van der Waals surface area contributed by atoms with Crippen molar-refractivity contribution in [1.82, 2.24) is 10.3 Å². The summed E-state index contributed by atoms with van der Waals surface area (Å²) in [5, 5.41) is 2.80. The lowest BCUT2D eigenvalue weighted by molar-refractivity contribution is 0.0228. The number of nitrogen functional groups attached to an aromatic ring is 1. The van der Waals surface area contributed by atoms with Crippen LogP contribution in [0.4, 0.5) is 5.69 Å². The van der Waals surface area contributed by atoms with E-state index in [0.29, 0.717) is 23.5 Å². The molecule has 0 saturated heterocycles. The Morgan fingerprint density at radius 3 is 2.82 bits per heavy atom. The number of carbonyl (C=O) groups excluding carboxylic acids is 1. The molecule has 0 radical (unpaired) electrons. The molecule has 0 spiro atoms. The number of aryl methyl sites for hydroxylation is 1. The fourth-order valence-electron chi connectivity index (χ4n) is 1.24. The highest BCUT2D eigenvalue weighted by molar-refractivity contribution is 5.95. The first kappa shape index (κ1) is 13.4. The Hall–Kier alpha value is -1.62. The predicted octanol–water partition coefficient (Wildman–Crippen LogP) is 1.13. The van der Waals surface area contributed by atoms with Crippen LogP contribution in [0, 0.1) is 6.92 Å². The molecule has 0 aliphatic rings. The largest absolute Gasteiger partial charge is 0.397 e. The van der Waals surface area contributed by atoms with Crippen molar-refractivity contribution in [1.29, 1.82) is 0 Å². The monoisotopic (exact) mass is 237 g/mol. The number of nitrogens with two attached hydrogens (primary N) is 1. The maximum absolute atomic E-state index is 11.9. The average Bonchev–Trinajstić information content (AvgIpc) is 2.29. The molecule has 0 atom stereocenters. The lowest BCUT2D eigenvalue weighted by Gasteiger charge is -2.23. The minimum atomic E-state index is -0.392. The summed E-state index contributed by atoms with van der Waals surface area (Å²) in [4.78, 5) is 16.0. The van der Waals surface area contributed by atoms with Gasteiger partial charge in [0.05, 0.1) is 28.7 Å². The summed E-state index contributed by atoms with van der Waals surface area (Å²) in [5.41, 5.74) is 6.85. The molecule has 1 aromatic rings. The van der Waals surface area contributed by atoms with Gasteiger partial charge in [-0.3, -0.25) is 9.78 Å². The van der Waals surface area contributed by atoms with E-state index in [2.05, 4.69) is 10.3 Å². The maximum atomic E-state index is 11.9. The van der Waals surface area contributed by atoms with Crippen molar-refractivity contribution in [3.05, 3.63) is 23.5 Å². The first-order valence-electron chi connectivity index (χ1n) is 5.41. The van der Waals surface area contributed by atoms with Gasteiger partial charge >= 0.3 is 0 Å². The number of nitrogens with one attached hydrogen (secondary N) is 1. The number of hydrogen-bond donors (Lipinski definition) is 2. The lowest BCUT2D eigenvalue weighted by Crippen LogP contribution is -2.40. The first-order valence-corrected chi connectivity index (χ1v) is 5.41. The van der Waals surface area contributed by atoms with E-state index in [9.17, 15) is 4.79 Å². The molecule has 5 nitrogen and oxygen atoms in total. The first-order chi connectivity index (χ1) is 7.85. The van der Waals surface area contributed by atoms with Gasteiger partial charge in [0, 0.05) is 13.7 Å². The summed E-state index contributed by atoms with van der Waals surface area (Å²) >= 11 is 0. The van der Waals surface area contributed by atoms with Gasteiger partial charge in [-0.05, 0) is 26.8 Å². The molecule has 94 valence electrons. The fraction of sp³-hybridized carbons (Fsp3) is 0.500. The smallest absolute Gasteiger partial charge is 0.253 e. The van der Waals surface area contributed by atoms with Gasteiger partial charge in [-0.1, -0.05) is 0 Å². The zero-order valence-corrected chi connectivity index (χ0v) is 10.7. The molecule has 1 amide bonds. The quantitative estimate of drug-likeness (QED) is 0.823. The van der Waals surface area contributed by atoms with Crippen LogP contribution in [-0.2, 0) is 4.74 Å². The number of carbonyl (C=O) groups is 1. The standard InChI is InChI=1S/C12H19N3O2/c1-8-10(5-9(13)6-14-8)11(16)15-7-12(2,3)17-4/h5-6H,7,13H2,1-4H3,(H,15,16). The van der Waals surface area contributed by atoms with E-state index < -0.39 is 5.60 Å². The minimum absolute atomic E-state index is 0.188. The normalized spacial score (nSPS) is 11.3. The van der Waals surface area contributed by atoms with Crippen LogP contribution in [0.25, 0.3) is 0 Å². The highest BCUT2D eigenvalue weighted by atomic mass is 16.5. The molecule has 0 bridgehead atoms. The summed E-state index contributed by atoms with van der Waals surface area (Å²) in [6.45, 7) is 6.00.